The van der Waals surface area contributed by atoms with Crippen LogP contribution in [0.5, 0.6) is 0 Å². The van der Waals surface area contributed by atoms with Gasteiger partial charge in [-0.15, -0.1) is 0 Å². The number of rotatable bonds is 8. The van der Waals surface area contributed by atoms with Gasteiger partial charge in [0.15, 0.2) is 0 Å². The molecule has 1 aromatic rings. The fourth-order valence-electron chi connectivity index (χ4n) is 1.17. The fraction of sp³-hybridized carbons (Fsp3) is 0.636. The number of unbranched alkanes of at least 4 members (excludes halogenated alkanes) is 1. The van der Waals surface area contributed by atoms with Crippen LogP contribution in [0.15, 0.2) is 12.3 Å². The molecule has 1 N–H and O–H groups in total. The molecule has 0 spiro atoms. The molecule has 0 saturated heterocycles. The van der Waals surface area contributed by atoms with Crippen LogP contribution in [0, 0.1) is 0 Å². The third-order valence-corrected chi connectivity index (χ3v) is 2.22. The highest BCUT2D eigenvalue weighted by atomic mass is 35.5. The molecule has 1 rings (SSSR count). The minimum Gasteiger partial charge on any atom is -0.381 e. The normalized spacial score (nSPS) is 10.4. The van der Waals surface area contributed by atoms with Gasteiger partial charge in [-0.2, -0.15) is 0 Å². The molecule has 0 atom stereocenters. The SMILES string of the molecule is CCCCOCCCNc1ccnc(Cl)n1. The van der Waals surface area contributed by atoms with Crippen molar-refractivity contribution in [2.45, 2.75) is 26.2 Å². The molecular formula is C11H18ClN3O. The van der Waals surface area contributed by atoms with Gasteiger partial charge >= 0.3 is 0 Å². The van der Waals surface area contributed by atoms with Crippen molar-refractivity contribution in [2.75, 3.05) is 25.1 Å². The van der Waals surface area contributed by atoms with Crippen molar-refractivity contribution in [3.63, 3.8) is 0 Å². The molecular weight excluding hydrogens is 226 g/mol. The van der Waals surface area contributed by atoms with E-state index in [2.05, 4.69) is 22.2 Å². The van der Waals surface area contributed by atoms with Gasteiger partial charge in [0.25, 0.3) is 0 Å². The van der Waals surface area contributed by atoms with Gasteiger partial charge in [0.1, 0.15) is 5.82 Å². The molecule has 0 amide bonds. The van der Waals surface area contributed by atoms with E-state index in [0.717, 1.165) is 38.4 Å². The van der Waals surface area contributed by atoms with Crippen LogP contribution in [0.4, 0.5) is 5.82 Å². The van der Waals surface area contributed by atoms with Crippen LogP contribution in [-0.4, -0.2) is 29.7 Å². The summed E-state index contributed by atoms with van der Waals surface area (Å²) in [5.74, 6) is 0.758. The highest BCUT2D eigenvalue weighted by molar-refractivity contribution is 6.28. The van der Waals surface area contributed by atoms with Crippen molar-refractivity contribution in [3.05, 3.63) is 17.5 Å². The third-order valence-electron chi connectivity index (χ3n) is 2.04. The molecule has 90 valence electrons. The van der Waals surface area contributed by atoms with E-state index < -0.39 is 0 Å². The van der Waals surface area contributed by atoms with E-state index >= 15 is 0 Å². The summed E-state index contributed by atoms with van der Waals surface area (Å²) < 4.78 is 5.44. The monoisotopic (exact) mass is 243 g/mol. The summed E-state index contributed by atoms with van der Waals surface area (Å²) in [4.78, 5) is 7.83. The van der Waals surface area contributed by atoms with Gasteiger partial charge in [-0.1, -0.05) is 13.3 Å². The second kappa shape index (κ2) is 8.30. The molecule has 0 aliphatic carbocycles. The smallest absolute Gasteiger partial charge is 0.224 e. The average molecular weight is 244 g/mol. The molecule has 0 radical (unpaired) electrons. The van der Waals surface area contributed by atoms with E-state index in [0.29, 0.717) is 0 Å². The molecule has 4 nitrogen and oxygen atoms in total. The van der Waals surface area contributed by atoms with E-state index in [-0.39, 0.29) is 5.28 Å². The summed E-state index contributed by atoms with van der Waals surface area (Å²) in [6.45, 7) is 4.63. The Morgan fingerprint density at radius 1 is 1.38 bits per heavy atom. The van der Waals surface area contributed by atoms with Gasteiger partial charge in [-0.05, 0) is 30.5 Å². The lowest BCUT2D eigenvalue weighted by Crippen LogP contribution is -2.07. The van der Waals surface area contributed by atoms with Crippen molar-refractivity contribution in [3.8, 4) is 0 Å². The fourth-order valence-corrected chi connectivity index (χ4v) is 1.32. The van der Waals surface area contributed by atoms with E-state index in [4.69, 9.17) is 16.3 Å². The molecule has 0 aromatic carbocycles. The Balaban J connectivity index is 2.03. The summed E-state index contributed by atoms with van der Waals surface area (Å²) in [5, 5.41) is 3.43. The Morgan fingerprint density at radius 2 is 2.19 bits per heavy atom. The number of hydrogen-bond donors (Lipinski definition) is 1. The zero-order valence-corrected chi connectivity index (χ0v) is 10.3. The van der Waals surface area contributed by atoms with Crippen molar-refractivity contribution >= 4 is 17.4 Å². The lowest BCUT2D eigenvalue weighted by atomic mass is 10.3. The molecule has 0 aliphatic heterocycles. The maximum absolute atomic E-state index is 5.66. The lowest BCUT2D eigenvalue weighted by molar-refractivity contribution is 0.131. The molecule has 1 aromatic heterocycles. The second-order valence-electron chi connectivity index (χ2n) is 3.46. The zero-order chi connectivity index (χ0) is 11.6. The van der Waals surface area contributed by atoms with E-state index in [9.17, 15) is 0 Å². The Kier molecular flexibility index (Phi) is 6.85. The van der Waals surface area contributed by atoms with E-state index in [1.54, 1.807) is 12.3 Å². The number of ether oxygens (including phenoxy) is 1. The van der Waals surface area contributed by atoms with Gasteiger partial charge in [0.2, 0.25) is 5.28 Å². The predicted molar refractivity (Wildman–Crippen MR) is 65.9 cm³/mol. The maximum Gasteiger partial charge on any atom is 0.224 e. The number of anilines is 1. The summed E-state index contributed by atoms with van der Waals surface area (Å²) >= 11 is 5.66. The molecule has 1 heterocycles. The Labute approximate surface area is 101 Å². The summed E-state index contributed by atoms with van der Waals surface area (Å²) in [5.41, 5.74) is 0. The van der Waals surface area contributed by atoms with Crippen molar-refractivity contribution in [2.24, 2.45) is 0 Å². The molecule has 0 bridgehead atoms. The molecule has 5 heteroatoms. The van der Waals surface area contributed by atoms with Gasteiger partial charge in [-0.25, -0.2) is 9.97 Å². The highest BCUT2D eigenvalue weighted by Gasteiger charge is 1.95. The van der Waals surface area contributed by atoms with E-state index in [1.165, 1.54) is 6.42 Å². The Morgan fingerprint density at radius 3 is 2.94 bits per heavy atom. The highest BCUT2D eigenvalue weighted by Crippen LogP contribution is 2.05. The first-order valence-electron chi connectivity index (χ1n) is 5.63. The van der Waals surface area contributed by atoms with Crippen LogP contribution in [0.2, 0.25) is 5.28 Å². The van der Waals surface area contributed by atoms with Gasteiger partial charge in [0.05, 0.1) is 0 Å². The van der Waals surface area contributed by atoms with Crippen LogP contribution in [0.3, 0.4) is 0 Å². The first-order valence-corrected chi connectivity index (χ1v) is 6.01. The molecule has 16 heavy (non-hydrogen) atoms. The molecule has 0 saturated carbocycles. The van der Waals surface area contributed by atoms with Crippen LogP contribution in [-0.2, 0) is 4.74 Å². The number of nitrogens with one attached hydrogen (secondary N) is 1. The van der Waals surface area contributed by atoms with Crippen LogP contribution in [0.25, 0.3) is 0 Å². The summed E-state index contributed by atoms with van der Waals surface area (Å²) in [7, 11) is 0. The number of hydrogen-bond acceptors (Lipinski definition) is 4. The van der Waals surface area contributed by atoms with Gasteiger partial charge in [-0.3, -0.25) is 0 Å². The number of aromatic nitrogens is 2. The minimum absolute atomic E-state index is 0.268. The lowest BCUT2D eigenvalue weighted by Gasteiger charge is -2.05. The van der Waals surface area contributed by atoms with Gasteiger partial charge < -0.3 is 10.1 Å². The first-order chi connectivity index (χ1) is 7.83. The van der Waals surface area contributed by atoms with Gasteiger partial charge in [0, 0.05) is 26.0 Å². The number of halogens is 1. The van der Waals surface area contributed by atoms with Crippen LogP contribution < -0.4 is 5.32 Å². The minimum atomic E-state index is 0.268. The second-order valence-corrected chi connectivity index (χ2v) is 3.80. The van der Waals surface area contributed by atoms with Crippen LogP contribution >= 0.6 is 11.6 Å². The predicted octanol–water partition coefficient (Wildman–Crippen LogP) is 2.75. The first kappa shape index (κ1) is 13.2. The van der Waals surface area contributed by atoms with Crippen molar-refractivity contribution < 1.29 is 4.74 Å². The molecule has 0 fully saturated rings. The molecule has 0 unspecified atom stereocenters. The summed E-state index contributed by atoms with van der Waals surface area (Å²) in [6.07, 6.45) is 4.91. The zero-order valence-electron chi connectivity index (χ0n) is 9.58. The Bertz CT molecular complexity index is 296. The van der Waals surface area contributed by atoms with Crippen molar-refractivity contribution in [1.82, 2.24) is 9.97 Å². The van der Waals surface area contributed by atoms with E-state index in [1.807, 2.05) is 0 Å². The largest absolute Gasteiger partial charge is 0.381 e. The standard InChI is InChI=1S/C11H18ClN3O/c1-2-3-8-16-9-4-6-13-10-5-7-14-11(12)15-10/h5,7H,2-4,6,8-9H2,1H3,(H,13,14,15). The summed E-state index contributed by atoms with van der Waals surface area (Å²) in [6, 6.07) is 1.80. The third kappa shape index (κ3) is 5.88. The topological polar surface area (TPSA) is 47.0 Å². The Hall–Kier alpha value is -0.870. The quantitative estimate of drug-likeness (QED) is 0.563. The van der Waals surface area contributed by atoms with Crippen LogP contribution in [0.1, 0.15) is 26.2 Å². The maximum atomic E-state index is 5.66. The molecule has 0 aliphatic rings. The average Bonchev–Trinajstić information content (AvgIpc) is 2.28. The van der Waals surface area contributed by atoms with Crippen molar-refractivity contribution in [1.29, 1.82) is 0 Å². The number of nitrogens with zero attached hydrogens (tertiary/aromatic N) is 2.